The Bertz CT molecular complexity index is 1080. The van der Waals surface area contributed by atoms with E-state index in [1.54, 1.807) is 30.3 Å². The summed E-state index contributed by atoms with van der Waals surface area (Å²) in [6, 6.07) is 16.3. The first kappa shape index (κ1) is 22.2. The molecule has 3 aromatic rings. The predicted molar refractivity (Wildman–Crippen MR) is 118 cm³/mol. The number of hydrogen-bond acceptors (Lipinski definition) is 4. The number of rotatable bonds is 9. The zero-order chi connectivity index (χ0) is 21.6. The minimum Gasteiger partial charge on any atom is -0.341 e. The first-order valence-electron chi connectivity index (χ1n) is 9.38. The minimum absolute atomic E-state index is 0.0365. The molecule has 30 heavy (non-hydrogen) atoms. The SMILES string of the molecule is CN(Cc1cnn(Cc2ccccc2)c1)C(=O)CCNS(=O)(=O)c1ccc(Br)cc1. The fraction of sp³-hybridized carbons (Fsp3) is 0.238. The van der Waals surface area contributed by atoms with Crippen molar-refractivity contribution >= 4 is 31.9 Å². The minimum atomic E-state index is -3.64. The quantitative estimate of drug-likeness (QED) is 0.499. The summed E-state index contributed by atoms with van der Waals surface area (Å²) in [4.78, 5) is 14.1. The van der Waals surface area contributed by atoms with Crippen LogP contribution in [-0.2, 0) is 27.9 Å². The van der Waals surface area contributed by atoms with Crippen LogP contribution in [-0.4, -0.2) is 42.6 Å². The van der Waals surface area contributed by atoms with Crippen molar-refractivity contribution in [3.05, 3.63) is 82.6 Å². The monoisotopic (exact) mass is 490 g/mol. The van der Waals surface area contributed by atoms with Crippen molar-refractivity contribution in [2.24, 2.45) is 0 Å². The lowest BCUT2D eigenvalue weighted by Gasteiger charge is -2.16. The van der Waals surface area contributed by atoms with E-state index in [0.29, 0.717) is 13.1 Å². The Balaban J connectivity index is 1.47. The maximum atomic E-state index is 12.4. The van der Waals surface area contributed by atoms with Gasteiger partial charge >= 0.3 is 0 Å². The van der Waals surface area contributed by atoms with Crippen LogP contribution >= 0.6 is 15.9 Å². The number of aromatic nitrogens is 2. The molecule has 2 aromatic carbocycles. The van der Waals surface area contributed by atoms with Crippen molar-refractivity contribution in [1.82, 2.24) is 19.4 Å². The summed E-state index contributed by atoms with van der Waals surface area (Å²) >= 11 is 3.27. The highest BCUT2D eigenvalue weighted by molar-refractivity contribution is 9.10. The highest BCUT2D eigenvalue weighted by Gasteiger charge is 2.16. The number of hydrogen-bond donors (Lipinski definition) is 1. The normalized spacial score (nSPS) is 11.4. The summed E-state index contributed by atoms with van der Waals surface area (Å²) < 4.78 is 29.6. The molecule has 0 atom stereocenters. The van der Waals surface area contributed by atoms with Gasteiger partial charge < -0.3 is 4.90 Å². The molecule has 1 N–H and O–H groups in total. The van der Waals surface area contributed by atoms with Crippen LogP contribution in [0, 0.1) is 0 Å². The van der Waals surface area contributed by atoms with Crippen LogP contribution < -0.4 is 4.72 Å². The average Bonchev–Trinajstić information content (AvgIpc) is 3.15. The number of amides is 1. The van der Waals surface area contributed by atoms with E-state index in [2.05, 4.69) is 25.8 Å². The van der Waals surface area contributed by atoms with Crippen molar-refractivity contribution in [2.75, 3.05) is 13.6 Å². The Hall–Kier alpha value is -2.49. The summed E-state index contributed by atoms with van der Waals surface area (Å²) in [6.07, 6.45) is 3.72. The van der Waals surface area contributed by atoms with E-state index < -0.39 is 10.0 Å². The van der Waals surface area contributed by atoms with E-state index in [-0.39, 0.29) is 23.8 Å². The van der Waals surface area contributed by atoms with Gasteiger partial charge in [0.2, 0.25) is 15.9 Å². The molecule has 0 bridgehead atoms. The molecule has 0 aliphatic carbocycles. The van der Waals surface area contributed by atoms with Gasteiger partial charge in [0, 0.05) is 42.8 Å². The van der Waals surface area contributed by atoms with Crippen LogP contribution in [0.5, 0.6) is 0 Å². The lowest BCUT2D eigenvalue weighted by Crippen LogP contribution is -2.31. The van der Waals surface area contributed by atoms with Gasteiger partial charge in [-0.25, -0.2) is 13.1 Å². The van der Waals surface area contributed by atoms with E-state index >= 15 is 0 Å². The second-order valence-electron chi connectivity index (χ2n) is 6.88. The number of nitrogens with one attached hydrogen (secondary N) is 1. The first-order valence-corrected chi connectivity index (χ1v) is 11.7. The zero-order valence-electron chi connectivity index (χ0n) is 16.5. The molecule has 0 fully saturated rings. The Morgan fingerprint density at radius 2 is 1.80 bits per heavy atom. The van der Waals surface area contributed by atoms with E-state index in [1.165, 1.54) is 12.1 Å². The second-order valence-corrected chi connectivity index (χ2v) is 9.57. The second kappa shape index (κ2) is 10.0. The smallest absolute Gasteiger partial charge is 0.240 e. The van der Waals surface area contributed by atoms with Crippen molar-refractivity contribution in [3.8, 4) is 0 Å². The maximum Gasteiger partial charge on any atom is 0.240 e. The van der Waals surface area contributed by atoms with Gasteiger partial charge in [-0.1, -0.05) is 46.3 Å². The largest absolute Gasteiger partial charge is 0.341 e. The van der Waals surface area contributed by atoms with Crippen molar-refractivity contribution in [2.45, 2.75) is 24.4 Å². The Labute approximate surface area is 184 Å². The molecular formula is C21H23BrN4O3S. The molecule has 0 unspecified atom stereocenters. The third kappa shape index (κ3) is 6.25. The molecule has 3 rings (SSSR count). The number of sulfonamides is 1. The number of carbonyl (C=O) groups excluding carboxylic acids is 1. The summed E-state index contributed by atoms with van der Waals surface area (Å²) in [5.74, 6) is -0.149. The standard InChI is InChI=1S/C21H23BrN4O3S/c1-25(14-18-13-23-26(16-18)15-17-5-3-2-4-6-17)21(27)11-12-24-30(28,29)20-9-7-19(22)8-10-20/h2-10,13,16,24H,11-12,14-15H2,1H3. The van der Waals surface area contributed by atoms with Gasteiger partial charge in [0.25, 0.3) is 0 Å². The van der Waals surface area contributed by atoms with Gasteiger partial charge in [-0.3, -0.25) is 9.48 Å². The zero-order valence-corrected chi connectivity index (χ0v) is 18.9. The molecule has 158 valence electrons. The topological polar surface area (TPSA) is 84.3 Å². The van der Waals surface area contributed by atoms with Gasteiger partial charge in [-0.05, 0) is 29.8 Å². The maximum absolute atomic E-state index is 12.4. The molecule has 9 heteroatoms. The number of benzene rings is 2. The van der Waals surface area contributed by atoms with Crippen LogP contribution in [0.15, 0.2) is 76.4 Å². The van der Waals surface area contributed by atoms with Crippen molar-refractivity contribution < 1.29 is 13.2 Å². The van der Waals surface area contributed by atoms with Crippen LogP contribution in [0.3, 0.4) is 0 Å². The van der Waals surface area contributed by atoms with Gasteiger partial charge in [0.1, 0.15) is 0 Å². The molecule has 0 aliphatic rings. The number of halogens is 1. The van der Waals surface area contributed by atoms with Crippen molar-refractivity contribution in [3.63, 3.8) is 0 Å². The molecular weight excluding hydrogens is 468 g/mol. The highest BCUT2D eigenvalue weighted by atomic mass is 79.9. The summed E-state index contributed by atoms with van der Waals surface area (Å²) in [5.41, 5.74) is 2.06. The highest BCUT2D eigenvalue weighted by Crippen LogP contribution is 2.14. The van der Waals surface area contributed by atoms with Gasteiger partial charge in [0.05, 0.1) is 17.6 Å². The molecule has 1 heterocycles. The summed E-state index contributed by atoms with van der Waals surface area (Å²) in [5, 5.41) is 4.34. The van der Waals surface area contributed by atoms with Crippen LogP contribution in [0.1, 0.15) is 17.5 Å². The van der Waals surface area contributed by atoms with Gasteiger partial charge in [0.15, 0.2) is 0 Å². The fourth-order valence-corrected chi connectivity index (χ4v) is 4.18. The Kier molecular flexibility index (Phi) is 7.41. The number of nitrogens with zero attached hydrogens (tertiary/aromatic N) is 3. The summed E-state index contributed by atoms with van der Waals surface area (Å²) in [7, 11) is -1.94. The predicted octanol–water partition coefficient (Wildman–Crippen LogP) is 3.02. The average molecular weight is 491 g/mol. The van der Waals surface area contributed by atoms with Crippen molar-refractivity contribution in [1.29, 1.82) is 0 Å². The molecule has 0 radical (unpaired) electrons. The Morgan fingerprint density at radius 1 is 1.10 bits per heavy atom. The van der Waals surface area contributed by atoms with Gasteiger partial charge in [-0.2, -0.15) is 5.10 Å². The fourth-order valence-electron chi connectivity index (χ4n) is 2.89. The molecule has 0 saturated heterocycles. The van der Waals surface area contributed by atoms with E-state index in [9.17, 15) is 13.2 Å². The summed E-state index contributed by atoms with van der Waals surface area (Å²) in [6.45, 7) is 1.11. The third-order valence-electron chi connectivity index (χ3n) is 4.47. The molecule has 0 spiro atoms. The lowest BCUT2D eigenvalue weighted by molar-refractivity contribution is -0.130. The number of carbonyl (C=O) groups is 1. The molecule has 1 amide bonds. The Morgan fingerprint density at radius 3 is 2.50 bits per heavy atom. The van der Waals surface area contributed by atoms with Gasteiger partial charge in [-0.15, -0.1) is 0 Å². The molecule has 0 saturated carbocycles. The first-order chi connectivity index (χ1) is 14.3. The van der Waals surface area contributed by atoms with E-state index in [4.69, 9.17) is 0 Å². The van der Waals surface area contributed by atoms with Crippen LogP contribution in [0.4, 0.5) is 0 Å². The van der Waals surface area contributed by atoms with E-state index in [1.807, 2.05) is 41.2 Å². The van der Waals surface area contributed by atoms with Crippen LogP contribution in [0.25, 0.3) is 0 Å². The van der Waals surface area contributed by atoms with E-state index in [0.717, 1.165) is 15.6 Å². The van der Waals surface area contributed by atoms with Crippen LogP contribution in [0.2, 0.25) is 0 Å². The molecule has 0 aliphatic heterocycles. The molecule has 7 nitrogen and oxygen atoms in total. The third-order valence-corrected chi connectivity index (χ3v) is 6.48. The molecule has 1 aromatic heterocycles. The lowest BCUT2D eigenvalue weighted by atomic mass is 10.2.